The standard InChI is InChI=1S/C18H17N3O3S2/c1-12-6-9-18(25-12)26(23,24)21-17-8-7-16(11-19-17)20-15-5-3-4-14(10-15)13(2)22/h3-11,20H,1-2H3,(H,19,21). The molecule has 6 nitrogen and oxygen atoms in total. The predicted molar refractivity (Wildman–Crippen MR) is 104 cm³/mol. The van der Waals surface area contributed by atoms with E-state index in [1.54, 1.807) is 42.5 Å². The van der Waals surface area contributed by atoms with Crippen LogP contribution in [0.5, 0.6) is 0 Å². The van der Waals surface area contributed by atoms with Crippen molar-refractivity contribution in [3.63, 3.8) is 0 Å². The lowest BCUT2D eigenvalue weighted by Crippen LogP contribution is -2.12. The third-order valence-electron chi connectivity index (χ3n) is 3.54. The Morgan fingerprint density at radius 1 is 1.08 bits per heavy atom. The number of hydrogen-bond acceptors (Lipinski definition) is 6. The Bertz CT molecular complexity index is 1040. The van der Waals surface area contributed by atoms with Gasteiger partial charge in [-0.1, -0.05) is 12.1 Å². The lowest BCUT2D eigenvalue weighted by atomic mass is 10.1. The van der Waals surface area contributed by atoms with Crippen molar-refractivity contribution >= 4 is 44.3 Å². The zero-order chi connectivity index (χ0) is 18.7. The number of sulfonamides is 1. The summed E-state index contributed by atoms with van der Waals surface area (Å²) in [4.78, 5) is 16.5. The summed E-state index contributed by atoms with van der Waals surface area (Å²) in [5, 5.41) is 3.13. The van der Waals surface area contributed by atoms with Crippen molar-refractivity contribution in [2.45, 2.75) is 18.1 Å². The van der Waals surface area contributed by atoms with E-state index in [0.29, 0.717) is 11.3 Å². The number of hydrogen-bond donors (Lipinski definition) is 2. The maximum Gasteiger partial charge on any atom is 0.272 e. The molecule has 0 fully saturated rings. The van der Waals surface area contributed by atoms with Gasteiger partial charge in [0.25, 0.3) is 10.0 Å². The number of aromatic nitrogens is 1. The van der Waals surface area contributed by atoms with Gasteiger partial charge in [-0.15, -0.1) is 11.3 Å². The third kappa shape index (κ3) is 4.27. The van der Waals surface area contributed by atoms with Crippen LogP contribution in [-0.2, 0) is 10.0 Å². The predicted octanol–water partition coefficient (Wildman–Crippen LogP) is 4.20. The minimum atomic E-state index is -3.63. The van der Waals surface area contributed by atoms with Gasteiger partial charge in [-0.3, -0.25) is 9.52 Å². The smallest absolute Gasteiger partial charge is 0.272 e. The van der Waals surface area contributed by atoms with Gasteiger partial charge >= 0.3 is 0 Å². The normalized spacial score (nSPS) is 11.2. The van der Waals surface area contributed by atoms with Crippen LogP contribution < -0.4 is 10.0 Å². The van der Waals surface area contributed by atoms with Crippen LogP contribution in [0.25, 0.3) is 0 Å². The lowest BCUT2D eigenvalue weighted by molar-refractivity contribution is 0.101. The SMILES string of the molecule is CC(=O)c1cccc(Nc2ccc(NS(=O)(=O)c3ccc(C)s3)nc2)c1. The Balaban J connectivity index is 1.73. The van der Waals surface area contributed by atoms with Gasteiger partial charge in [0.15, 0.2) is 5.78 Å². The Morgan fingerprint density at radius 3 is 2.50 bits per heavy atom. The molecule has 0 aliphatic rings. The molecule has 8 heteroatoms. The minimum Gasteiger partial charge on any atom is -0.354 e. The van der Waals surface area contributed by atoms with Crippen molar-refractivity contribution in [3.05, 3.63) is 65.2 Å². The van der Waals surface area contributed by atoms with E-state index in [2.05, 4.69) is 15.0 Å². The second kappa shape index (κ2) is 7.27. The van der Waals surface area contributed by atoms with Crippen LogP contribution in [-0.4, -0.2) is 19.2 Å². The van der Waals surface area contributed by atoms with Crippen LogP contribution in [0, 0.1) is 6.92 Å². The maximum absolute atomic E-state index is 12.3. The molecule has 1 aromatic carbocycles. The first-order valence-electron chi connectivity index (χ1n) is 7.77. The summed E-state index contributed by atoms with van der Waals surface area (Å²) in [6.07, 6.45) is 1.53. The highest BCUT2D eigenvalue weighted by Gasteiger charge is 2.16. The van der Waals surface area contributed by atoms with Crippen molar-refractivity contribution < 1.29 is 13.2 Å². The highest BCUT2D eigenvalue weighted by molar-refractivity contribution is 7.94. The summed E-state index contributed by atoms with van der Waals surface area (Å²) >= 11 is 1.20. The quantitative estimate of drug-likeness (QED) is 0.619. The molecule has 0 aliphatic carbocycles. The van der Waals surface area contributed by atoms with E-state index in [0.717, 1.165) is 10.6 Å². The Hall–Kier alpha value is -2.71. The molecule has 0 bridgehead atoms. The van der Waals surface area contributed by atoms with Gasteiger partial charge in [0.05, 0.1) is 11.9 Å². The van der Waals surface area contributed by atoms with Gasteiger partial charge in [0.1, 0.15) is 10.0 Å². The molecule has 0 atom stereocenters. The minimum absolute atomic E-state index is 0.0136. The number of nitrogens with one attached hydrogen (secondary N) is 2. The average molecular weight is 387 g/mol. The molecule has 2 aromatic heterocycles. The lowest BCUT2D eigenvalue weighted by Gasteiger charge is -2.09. The van der Waals surface area contributed by atoms with Crippen LogP contribution in [0.3, 0.4) is 0 Å². The van der Waals surface area contributed by atoms with Crippen molar-refractivity contribution in [1.82, 2.24) is 4.98 Å². The summed E-state index contributed by atoms with van der Waals surface area (Å²) in [5.74, 6) is 0.222. The number of thiophene rings is 1. The van der Waals surface area contributed by atoms with E-state index >= 15 is 0 Å². The van der Waals surface area contributed by atoms with E-state index < -0.39 is 10.0 Å². The van der Waals surface area contributed by atoms with E-state index in [-0.39, 0.29) is 15.8 Å². The van der Waals surface area contributed by atoms with Gasteiger partial charge in [-0.05, 0) is 50.2 Å². The summed E-state index contributed by atoms with van der Waals surface area (Å²) in [5.41, 5.74) is 2.04. The van der Waals surface area contributed by atoms with Crippen molar-refractivity contribution in [2.75, 3.05) is 10.0 Å². The molecule has 0 saturated heterocycles. The molecule has 0 radical (unpaired) electrons. The van der Waals surface area contributed by atoms with E-state index in [9.17, 15) is 13.2 Å². The molecule has 26 heavy (non-hydrogen) atoms. The number of carbonyl (C=O) groups excluding carboxylic acids is 1. The molecule has 0 spiro atoms. The summed E-state index contributed by atoms with van der Waals surface area (Å²) in [7, 11) is -3.63. The number of carbonyl (C=O) groups is 1. The fourth-order valence-corrected chi connectivity index (χ4v) is 4.55. The molecular weight excluding hydrogens is 370 g/mol. The molecule has 3 aromatic rings. The van der Waals surface area contributed by atoms with Crippen molar-refractivity contribution in [1.29, 1.82) is 0 Å². The molecule has 0 unspecified atom stereocenters. The van der Waals surface area contributed by atoms with E-state index in [1.807, 2.05) is 13.0 Å². The number of Topliss-reactive ketones (excluding diaryl/α,β-unsaturated/α-hetero) is 1. The molecule has 0 amide bonds. The number of ketones is 1. The van der Waals surface area contributed by atoms with Crippen LogP contribution >= 0.6 is 11.3 Å². The molecular formula is C18H17N3O3S2. The van der Waals surface area contributed by atoms with Gasteiger partial charge in [-0.25, -0.2) is 13.4 Å². The molecule has 2 N–H and O–H groups in total. The maximum atomic E-state index is 12.3. The Labute approximate surface area is 156 Å². The first-order chi connectivity index (χ1) is 12.3. The second-order valence-electron chi connectivity index (χ2n) is 5.66. The van der Waals surface area contributed by atoms with Gasteiger partial charge in [-0.2, -0.15) is 0 Å². The van der Waals surface area contributed by atoms with Gasteiger partial charge in [0.2, 0.25) is 0 Å². The average Bonchev–Trinajstić information content (AvgIpc) is 3.04. The topological polar surface area (TPSA) is 88.2 Å². The highest BCUT2D eigenvalue weighted by atomic mass is 32.2. The molecule has 0 aliphatic heterocycles. The van der Waals surface area contributed by atoms with Crippen molar-refractivity contribution in [2.24, 2.45) is 0 Å². The monoisotopic (exact) mass is 387 g/mol. The third-order valence-corrected chi connectivity index (χ3v) is 6.39. The van der Waals surface area contributed by atoms with Crippen LogP contribution in [0.2, 0.25) is 0 Å². The summed E-state index contributed by atoms with van der Waals surface area (Å²) in [6, 6.07) is 13.7. The number of aryl methyl sites for hydroxylation is 1. The fourth-order valence-electron chi connectivity index (χ4n) is 2.26. The first-order valence-corrected chi connectivity index (χ1v) is 10.1. The molecule has 3 rings (SSSR count). The van der Waals surface area contributed by atoms with Crippen molar-refractivity contribution in [3.8, 4) is 0 Å². The first kappa shape index (κ1) is 18.1. The highest BCUT2D eigenvalue weighted by Crippen LogP contribution is 2.24. The van der Waals surface area contributed by atoms with Gasteiger partial charge in [0, 0.05) is 16.1 Å². The Morgan fingerprint density at radius 2 is 1.88 bits per heavy atom. The number of nitrogens with zero attached hydrogens (tertiary/aromatic N) is 1. The Kier molecular flexibility index (Phi) is 5.06. The van der Waals surface area contributed by atoms with Crippen LogP contribution in [0.1, 0.15) is 22.2 Å². The molecule has 2 heterocycles. The van der Waals surface area contributed by atoms with Gasteiger partial charge < -0.3 is 5.32 Å². The zero-order valence-corrected chi connectivity index (χ0v) is 15.8. The van der Waals surface area contributed by atoms with E-state index in [4.69, 9.17) is 0 Å². The number of anilines is 3. The molecule has 134 valence electrons. The van der Waals surface area contributed by atoms with Crippen LogP contribution in [0.4, 0.5) is 17.2 Å². The number of pyridine rings is 1. The number of rotatable bonds is 6. The second-order valence-corrected chi connectivity index (χ2v) is 8.86. The molecule has 0 saturated carbocycles. The fraction of sp³-hybridized carbons (Fsp3) is 0.111. The largest absolute Gasteiger partial charge is 0.354 e. The van der Waals surface area contributed by atoms with Crippen LogP contribution in [0.15, 0.2) is 58.9 Å². The summed E-state index contributed by atoms with van der Waals surface area (Å²) < 4.78 is 27.3. The van der Waals surface area contributed by atoms with E-state index in [1.165, 1.54) is 24.5 Å². The summed E-state index contributed by atoms with van der Waals surface area (Å²) in [6.45, 7) is 3.36. The zero-order valence-electron chi connectivity index (χ0n) is 14.2. The number of benzene rings is 1.